The van der Waals surface area contributed by atoms with Gasteiger partial charge in [-0.2, -0.15) is 0 Å². The number of hydrogen-bond donors (Lipinski definition) is 0. The molecule has 0 fully saturated rings. The molecule has 0 saturated carbocycles. The third kappa shape index (κ3) is 4.76. The van der Waals surface area contributed by atoms with Crippen molar-refractivity contribution in [2.24, 2.45) is 0 Å². The summed E-state index contributed by atoms with van der Waals surface area (Å²) in [5.41, 5.74) is 0.992. The SMILES string of the molecule is O=S(=O)([O-])c1ccc2c(c1)cc(S(=O)(=O)[O-])c1oc(-c3ccnc4ccccc34)nc12.[Na+].[Na+]. The number of nitrogens with zero attached hydrogens (tertiary/aromatic N) is 2. The van der Waals surface area contributed by atoms with Crippen molar-refractivity contribution in [2.75, 3.05) is 0 Å². The third-order valence-corrected chi connectivity index (χ3v) is 6.53. The molecule has 0 aliphatic heterocycles. The fourth-order valence-corrected chi connectivity index (χ4v) is 4.63. The first-order valence-corrected chi connectivity index (χ1v) is 11.6. The minimum absolute atomic E-state index is 0. The van der Waals surface area contributed by atoms with E-state index in [1.165, 1.54) is 6.07 Å². The summed E-state index contributed by atoms with van der Waals surface area (Å²) in [7, 11) is -9.79. The van der Waals surface area contributed by atoms with Gasteiger partial charge in [0.1, 0.15) is 25.8 Å². The zero-order valence-electron chi connectivity index (χ0n) is 17.3. The molecule has 0 unspecified atom stereocenters. The molecule has 9 nitrogen and oxygen atoms in total. The van der Waals surface area contributed by atoms with Crippen molar-refractivity contribution in [3.05, 3.63) is 60.8 Å². The van der Waals surface area contributed by atoms with Crippen LogP contribution in [0.5, 0.6) is 0 Å². The molecule has 0 N–H and O–H groups in total. The monoisotopic (exact) mass is 500 g/mol. The fourth-order valence-electron chi connectivity index (χ4n) is 3.49. The number of rotatable bonds is 3. The van der Waals surface area contributed by atoms with E-state index in [9.17, 15) is 25.9 Å². The molecule has 5 aromatic rings. The Morgan fingerprint density at radius 1 is 0.818 bits per heavy atom. The van der Waals surface area contributed by atoms with Crippen molar-refractivity contribution >= 4 is 53.0 Å². The summed E-state index contributed by atoms with van der Waals surface area (Å²) in [4.78, 5) is 7.40. The van der Waals surface area contributed by atoms with Crippen LogP contribution in [0.4, 0.5) is 0 Å². The van der Waals surface area contributed by atoms with Gasteiger partial charge in [-0.15, -0.1) is 0 Å². The zero-order chi connectivity index (χ0) is 22.0. The summed E-state index contributed by atoms with van der Waals surface area (Å²) >= 11 is 0. The molecule has 5 rings (SSSR count). The van der Waals surface area contributed by atoms with Crippen molar-refractivity contribution in [3.63, 3.8) is 0 Å². The molecule has 0 atom stereocenters. The summed E-state index contributed by atoms with van der Waals surface area (Å²) in [5, 5.41) is 1.08. The van der Waals surface area contributed by atoms with Crippen molar-refractivity contribution in [1.29, 1.82) is 0 Å². The topological polar surface area (TPSA) is 153 Å². The van der Waals surface area contributed by atoms with E-state index in [-0.39, 0.29) is 81.5 Å². The Labute approximate surface area is 232 Å². The molecule has 0 aliphatic carbocycles. The van der Waals surface area contributed by atoms with Gasteiger partial charge in [0.15, 0.2) is 5.58 Å². The minimum atomic E-state index is -5.00. The average molecular weight is 500 g/mol. The van der Waals surface area contributed by atoms with Gasteiger partial charge in [0.2, 0.25) is 5.89 Å². The summed E-state index contributed by atoms with van der Waals surface area (Å²) in [6.45, 7) is 0. The molecule has 2 aromatic heterocycles. The van der Waals surface area contributed by atoms with Crippen LogP contribution in [0.15, 0.2) is 75.0 Å². The molecule has 0 aliphatic rings. The maximum atomic E-state index is 11.9. The van der Waals surface area contributed by atoms with Crippen LogP contribution < -0.4 is 59.1 Å². The molecule has 0 amide bonds. The summed E-state index contributed by atoms with van der Waals surface area (Å²) in [6, 6.07) is 13.2. The molecule has 3 aromatic carbocycles. The van der Waals surface area contributed by atoms with Crippen LogP contribution in [-0.4, -0.2) is 35.9 Å². The van der Waals surface area contributed by atoms with Crippen molar-refractivity contribution < 1.29 is 89.5 Å². The van der Waals surface area contributed by atoms with E-state index >= 15 is 0 Å². The van der Waals surface area contributed by atoms with Gasteiger partial charge in [-0.05, 0) is 35.7 Å². The van der Waals surface area contributed by atoms with Gasteiger partial charge in [-0.1, -0.05) is 24.3 Å². The van der Waals surface area contributed by atoms with Crippen LogP contribution in [0.25, 0.3) is 44.2 Å². The molecule has 0 spiro atoms. The van der Waals surface area contributed by atoms with Gasteiger partial charge in [-0.25, -0.2) is 21.8 Å². The van der Waals surface area contributed by atoms with Crippen LogP contribution in [-0.2, 0) is 20.2 Å². The van der Waals surface area contributed by atoms with Gasteiger partial charge in [0.25, 0.3) is 0 Å². The molecule has 0 bridgehead atoms. The minimum Gasteiger partial charge on any atom is -0.744 e. The number of para-hydroxylation sites is 1. The van der Waals surface area contributed by atoms with E-state index in [0.717, 1.165) is 18.2 Å². The van der Waals surface area contributed by atoms with Crippen LogP contribution in [0, 0.1) is 0 Å². The molecule has 156 valence electrons. The maximum Gasteiger partial charge on any atom is 1.00 e. The maximum absolute atomic E-state index is 11.9. The number of pyridine rings is 1. The second kappa shape index (κ2) is 9.34. The van der Waals surface area contributed by atoms with Crippen molar-refractivity contribution in [1.82, 2.24) is 9.97 Å². The van der Waals surface area contributed by atoms with Gasteiger partial charge in [0.05, 0.1) is 15.3 Å². The zero-order valence-corrected chi connectivity index (χ0v) is 23.0. The Kier molecular flexibility index (Phi) is 7.43. The van der Waals surface area contributed by atoms with Gasteiger partial charge < -0.3 is 13.5 Å². The first-order valence-electron chi connectivity index (χ1n) is 8.76. The molecule has 0 saturated heterocycles. The van der Waals surface area contributed by atoms with E-state index in [0.29, 0.717) is 21.9 Å². The Morgan fingerprint density at radius 2 is 1.55 bits per heavy atom. The molecule has 2 heterocycles. The number of oxazole rings is 1. The van der Waals surface area contributed by atoms with Crippen LogP contribution in [0.3, 0.4) is 0 Å². The average Bonchev–Trinajstić information content (AvgIpc) is 3.16. The van der Waals surface area contributed by atoms with E-state index in [1.807, 2.05) is 6.07 Å². The quantitative estimate of drug-likeness (QED) is 0.186. The van der Waals surface area contributed by atoms with Crippen LogP contribution >= 0.6 is 0 Å². The van der Waals surface area contributed by atoms with E-state index in [1.54, 1.807) is 30.5 Å². The predicted molar refractivity (Wildman–Crippen MR) is 108 cm³/mol. The Balaban J connectivity index is 0.00000153. The van der Waals surface area contributed by atoms with Gasteiger partial charge in [0, 0.05) is 22.5 Å². The largest absolute Gasteiger partial charge is 1.00 e. The van der Waals surface area contributed by atoms with Crippen molar-refractivity contribution in [2.45, 2.75) is 9.79 Å². The third-order valence-electron chi connectivity index (χ3n) is 4.85. The van der Waals surface area contributed by atoms with Crippen molar-refractivity contribution in [3.8, 4) is 11.5 Å². The number of aromatic nitrogens is 2. The van der Waals surface area contributed by atoms with Crippen LogP contribution in [0.2, 0.25) is 0 Å². The second-order valence-electron chi connectivity index (χ2n) is 6.74. The predicted octanol–water partition coefficient (Wildman–Crippen LogP) is -2.99. The fraction of sp³-hybridized carbons (Fsp3) is 0. The smallest absolute Gasteiger partial charge is 0.744 e. The summed E-state index contributed by atoms with van der Waals surface area (Å²) in [5.74, 6) is 0.0616. The Bertz CT molecular complexity index is 1750. The van der Waals surface area contributed by atoms with Gasteiger partial charge >= 0.3 is 59.1 Å². The standard InChI is InChI=1S/C20H12N2O7S2.2Na/c23-30(24,25)12-5-6-13-11(9-12)10-17(31(26,27)28)19-18(13)22-20(29-19)15-7-8-21-16-4-2-1-3-14(15)16;;/h1-10H,(H,23,24,25)(H,26,27,28);;/q;2*+1/p-2. The molecule has 0 radical (unpaired) electrons. The molecule has 13 heteroatoms. The van der Waals surface area contributed by atoms with E-state index < -0.39 is 30.0 Å². The van der Waals surface area contributed by atoms with E-state index in [4.69, 9.17) is 4.42 Å². The number of fused-ring (bicyclic) bond motifs is 4. The molecular formula is C20H10N2Na2O7S2. The normalized spacial score (nSPS) is 11.9. The number of benzene rings is 3. The first-order chi connectivity index (χ1) is 14.6. The number of hydrogen-bond acceptors (Lipinski definition) is 9. The molecule has 33 heavy (non-hydrogen) atoms. The summed E-state index contributed by atoms with van der Waals surface area (Å²) in [6.07, 6.45) is 1.54. The Morgan fingerprint density at radius 3 is 2.24 bits per heavy atom. The van der Waals surface area contributed by atoms with Gasteiger partial charge in [-0.3, -0.25) is 4.98 Å². The second-order valence-corrected chi connectivity index (χ2v) is 9.47. The van der Waals surface area contributed by atoms with E-state index in [2.05, 4.69) is 9.97 Å². The summed E-state index contributed by atoms with van der Waals surface area (Å²) < 4.78 is 75.5. The molecular weight excluding hydrogens is 490 g/mol. The first kappa shape index (κ1) is 26.2. The Hall–Kier alpha value is -1.38. The van der Waals surface area contributed by atoms with Crippen LogP contribution in [0.1, 0.15) is 0 Å².